The van der Waals surface area contributed by atoms with Gasteiger partial charge in [0.05, 0.1) is 5.02 Å². The van der Waals surface area contributed by atoms with Crippen molar-refractivity contribution in [2.45, 2.75) is 11.8 Å². The Kier molecular flexibility index (Phi) is 3.06. The fourth-order valence-corrected chi connectivity index (χ4v) is 3.56. The third kappa shape index (κ3) is 2.00. The van der Waals surface area contributed by atoms with E-state index in [2.05, 4.69) is 0 Å². The van der Waals surface area contributed by atoms with Crippen molar-refractivity contribution in [1.29, 1.82) is 0 Å². The van der Waals surface area contributed by atoms with Gasteiger partial charge in [-0.25, -0.2) is 8.42 Å². The quantitative estimate of drug-likeness (QED) is 0.763. The van der Waals surface area contributed by atoms with Gasteiger partial charge in [0.2, 0.25) is 10.0 Å². The first-order valence-electron chi connectivity index (χ1n) is 4.92. The molecule has 1 aliphatic rings. The standard InChI is InChI=1S/C11H12ClNO2S/c1-9-6-7-13(8-9)16(14,15)11-5-3-2-4-10(11)12/h2-6H,7-8H2,1H3. The molecule has 0 aliphatic carbocycles. The fourth-order valence-electron chi connectivity index (χ4n) is 1.64. The molecule has 1 aromatic carbocycles. The van der Waals surface area contributed by atoms with E-state index in [1.165, 1.54) is 10.4 Å². The maximum atomic E-state index is 12.2. The number of nitrogens with zero attached hydrogens (tertiary/aromatic N) is 1. The van der Waals surface area contributed by atoms with Crippen LogP contribution in [-0.4, -0.2) is 25.8 Å². The van der Waals surface area contributed by atoms with Crippen LogP contribution in [0.5, 0.6) is 0 Å². The molecule has 0 saturated carbocycles. The Labute approximate surface area is 100 Å². The number of rotatable bonds is 2. The molecule has 0 fully saturated rings. The molecule has 2 rings (SSSR count). The van der Waals surface area contributed by atoms with E-state index in [1.807, 2.05) is 13.0 Å². The summed E-state index contributed by atoms with van der Waals surface area (Å²) in [6.45, 7) is 2.80. The van der Waals surface area contributed by atoms with Gasteiger partial charge in [-0.15, -0.1) is 0 Å². The minimum absolute atomic E-state index is 0.180. The van der Waals surface area contributed by atoms with E-state index in [0.29, 0.717) is 13.1 Å². The Morgan fingerprint density at radius 2 is 2.00 bits per heavy atom. The predicted molar refractivity (Wildman–Crippen MR) is 64.0 cm³/mol. The highest BCUT2D eigenvalue weighted by molar-refractivity contribution is 7.89. The Morgan fingerprint density at radius 3 is 2.56 bits per heavy atom. The van der Waals surface area contributed by atoms with E-state index >= 15 is 0 Å². The summed E-state index contributed by atoms with van der Waals surface area (Å²) in [4.78, 5) is 0.180. The monoisotopic (exact) mass is 257 g/mol. The van der Waals surface area contributed by atoms with E-state index < -0.39 is 10.0 Å². The van der Waals surface area contributed by atoms with Crippen molar-refractivity contribution in [2.24, 2.45) is 0 Å². The first kappa shape index (κ1) is 11.6. The van der Waals surface area contributed by atoms with Crippen LogP contribution in [0, 0.1) is 0 Å². The fraction of sp³-hybridized carbons (Fsp3) is 0.273. The topological polar surface area (TPSA) is 37.4 Å². The molecule has 5 heteroatoms. The average Bonchev–Trinajstić information content (AvgIpc) is 2.66. The van der Waals surface area contributed by atoms with Gasteiger partial charge in [-0.1, -0.05) is 35.4 Å². The van der Waals surface area contributed by atoms with Gasteiger partial charge in [-0.05, 0) is 19.1 Å². The number of sulfonamides is 1. The minimum Gasteiger partial charge on any atom is -0.207 e. The molecule has 0 N–H and O–H groups in total. The van der Waals surface area contributed by atoms with Crippen molar-refractivity contribution in [2.75, 3.05) is 13.1 Å². The highest BCUT2D eigenvalue weighted by atomic mass is 35.5. The van der Waals surface area contributed by atoms with Crippen molar-refractivity contribution >= 4 is 21.6 Å². The minimum atomic E-state index is -3.45. The molecule has 0 radical (unpaired) electrons. The Hall–Kier alpha value is -0.840. The van der Waals surface area contributed by atoms with Gasteiger partial charge in [0.25, 0.3) is 0 Å². The molecule has 0 spiro atoms. The molecule has 1 aromatic rings. The van der Waals surface area contributed by atoms with Crippen LogP contribution in [0.3, 0.4) is 0 Å². The van der Waals surface area contributed by atoms with E-state index in [1.54, 1.807) is 18.2 Å². The number of hydrogen-bond donors (Lipinski definition) is 0. The lowest BCUT2D eigenvalue weighted by Gasteiger charge is -2.16. The summed E-state index contributed by atoms with van der Waals surface area (Å²) >= 11 is 5.90. The molecule has 1 heterocycles. The van der Waals surface area contributed by atoms with E-state index in [9.17, 15) is 8.42 Å². The Bertz CT molecular complexity index is 537. The van der Waals surface area contributed by atoms with E-state index in [4.69, 9.17) is 11.6 Å². The maximum absolute atomic E-state index is 12.2. The summed E-state index contributed by atoms with van der Waals surface area (Å²) < 4.78 is 25.8. The zero-order valence-corrected chi connectivity index (χ0v) is 10.4. The molecule has 0 bridgehead atoms. The highest BCUT2D eigenvalue weighted by Gasteiger charge is 2.28. The number of hydrogen-bond acceptors (Lipinski definition) is 2. The molecular formula is C11H12ClNO2S. The summed E-state index contributed by atoms with van der Waals surface area (Å²) in [7, 11) is -3.45. The van der Waals surface area contributed by atoms with Crippen LogP contribution in [0.1, 0.15) is 6.92 Å². The first-order chi connectivity index (χ1) is 7.51. The largest absolute Gasteiger partial charge is 0.245 e. The Balaban J connectivity index is 2.38. The molecule has 0 saturated heterocycles. The highest BCUT2D eigenvalue weighted by Crippen LogP contribution is 2.26. The van der Waals surface area contributed by atoms with Gasteiger partial charge in [0, 0.05) is 13.1 Å². The maximum Gasteiger partial charge on any atom is 0.245 e. The lowest BCUT2D eigenvalue weighted by molar-refractivity contribution is 0.484. The second-order valence-corrected chi connectivity index (χ2v) is 6.09. The van der Waals surface area contributed by atoms with Crippen molar-refractivity contribution in [1.82, 2.24) is 4.31 Å². The van der Waals surface area contributed by atoms with Gasteiger partial charge in [0.15, 0.2) is 0 Å². The predicted octanol–water partition coefficient (Wildman–Crippen LogP) is 2.29. The van der Waals surface area contributed by atoms with E-state index in [-0.39, 0.29) is 9.92 Å². The van der Waals surface area contributed by atoms with Crippen LogP contribution in [0.25, 0.3) is 0 Å². The van der Waals surface area contributed by atoms with Crippen LogP contribution >= 0.6 is 11.6 Å². The lowest BCUT2D eigenvalue weighted by Crippen LogP contribution is -2.29. The third-order valence-electron chi connectivity index (χ3n) is 2.52. The first-order valence-corrected chi connectivity index (χ1v) is 6.74. The van der Waals surface area contributed by atoms with Gasteiger partial charge in [-0.3, -0.25) is 0 Å². The Morgan fingerprint density at radius 1 is 1.31 bits per heavy atom. The van der Waals surface area contributed by atoms with Crippen LogP contribution in [-0.2, 0) is 10.0 Å². The smallest absolute Gasteiger partial charge is 0.207 e. The molecule has 0 amide bonds. The summed E-state index contributed by atoms with van der Waals surface area (Å²) in [6.07, 6.45) is 1.91. The zero-order valence-electron chi connectivity index (χ0n) is 8.85. The second kappa shape index (κ2) is 4.20. The summed E-state index contributed by atoms with van der Waals surface area (Å²) in [5.74, 6) is 0. The molecular weight excluding hydrogens is 246 g/mol. The SMILES string of the molecule is CC1=CCN(S(=O)(=O)c2ccccc2Cl)C1. The van der Waals surface area contributed by atoms with Gasteiger partial charge in [0.1, 0.15) is 4.90 Å². The average molecular weight is 258 g/mol. The van der Waals surface area contributed by atoms with Crippen LogP contribution in [0.2, 0.25) is 5.02 Å². The van der Waals surface area contributed by atoms with Crippen molar-refractivity contribution in [3.05, 3.63) is 40.9 Å². The van der Waals surface area contributed by atoms with Crippen molar-refractivity contribution in [3.63, 3.8) is 0 Å². The zero-order chi connectivity index (χ0) is 11.8. The van der Waals surface area contributed by atoms with Gasteiger partial charge < -0.3 is 0 Å². The molecule has 16 heavy (non-hydrogen) atoms. The molecule has 1 aliphatic heterocycles. The van der Waals surface area contributed by atoms with Gasteiger partial charge in [-0.2, -0.15) is 4.31 Å². The second-order valence-electron chi connectivity index (χ2n) is 3.78. The molecule has 0 atom stereocenters. The van der Waals surface area contributed by atoms with Crippen LogP contribution in [0.15, 0.2) is 40.8 Å². The number of halogens is 1. The summed E-state index contributed by atoms with van der Waals surface area (Å²) in [5, 5.41) is 0.270. The van der Waals surface area contributed by atoms with Gasteiger partial charge >= 0.3 is 0 Å². The normalized spacial score (nSPS) is 17.5. The lowest BCUT2D eigenvalue weighted by atomic mass is 10.3. The molecule has 0 aromatic heterocycles. The molecule has 86 valence electrons. The third-order valence-corrected chi connectivity index (χ3v) is 4.84. The van der Waals surface area contributed by atoms with Crippen LogP contribution in [0.4, 0.5) is 0 Å². The molecule has 0 unspecified atom stereocenters. The summed E-state index contributed by atoms with van der Waals surface area (Å²) in [6, 6.07) is 6.51. The van der Waals surface area contributed by atoms with Crippen LogP contribution < -0.4 is 0 Å². The number of benzene rings is 1. The molecule has 3 nitrogen and oxygen atoms in total. The van der Waals surface area contributed by atoms with Crippen molar-refractivity contribution < 1.29 is 8.42 Å². The summed E-state index contributed by atoms with van der Waals surface area (Å²) in [5.41, 5.74) is 1.07. The van der Waals surface area contributed by atoms with E-state index in [0.717, 1.165) is 5.57 Å². The van der Waals surface area contributed by atoms with Crippen molar-refractivity contribution in [3.8, 4) is 0 Å².